The lowest BCUT2D eigenvalue weighted by Crippen LogP contribution is -2.34. The Hall–Kier alpha value is -4.21. The van der Waals surface area contributed by atoms with Gasteiger partial charge in [0, 0.05) is 11.6 Å². The Kier molecular flexibility index (Phi) is 6.54. The molecule has 0 spiro atoms. The van der Waals surface area contributed by atoms with Gasteiger partial charge in [-0.1, -0.05) is 60.1 Å². The van der Waals surface area contributed by atoms with Crippen LogP contribution in [-0.4, -0.2) is 27.3 Å². The molecule has 1 fully saturated rings. The number of fused-ring (bicyclic) bond motifs is 1. The number of nitriles is 1. The summed E-state index contributed by atoms with van der Waals surface area (Å²) in [5.41, 5.74) is 5.50. The lowest BCUT2D eigenvalue weighted by molar-refractivity contribution is -0.131. The fraction of sp³-hybridized carbons (Fsp3) is 0.250. The number of aromatic amines is 1. The first-order valence-corrected chi connectivity index (χ1v) is 13.6. The molecular weight excluding hydrogens is 508 g/mol. The molecule has 1 amide bonds. The molecule has 1 aromatic heterocycles. The molecule has 1 N–H and O–H groups in total. The quantitative estimate of drug-likeness (QED) is 0.363. The van der Waals surface area contributed by atoms with Gasteiger partial charge in [-0.3, -0.25) is 9.59 Å². The topological polar surface area (TPSA) is 89.8 Å². The minimum absolute atomic E-state index is 0.0131. The highest BCUT2D eigenvalue weighted by molar-refractivity contribution is 6.30. The Bertz CT molecular complexity index is 1670. The summed E-state index contributed by atoms with van der Waals surface area (Å²) in [6, 6.07) is 25.2. The summed E-state index contributed by atoms with van der Waals surface area (Å²) in [4.78, 5) is 36.5. The lowest BCUT2D eigenvalue weighted by Gasteiger charge is -2.21. The summed E-state index contributed by atoms with van der Waals surface area (Å²) in [6.07, 6.45) is 3.50. The number of hydrogen-bond acceptors (Lipinski definition) is 4. The van der Waals surface area contributed by atoms with Crippen molar-refractivity contribution in [3.63, 3.8) is 0 Å². The van der Waals surface area contributed by atoms with Crippen LogP contribution in [0.2, 0.25) is 5.02 Å². The summed E-state index contributed by atoms with van der Waals surface area (Å²) < 4.78 is 0. The van der Waals surface area contributed by atoms with Crippen LogP contribution in [0.3, 0.4) is 0 Å². The number of carbonyl (C=O) groups excluding carboxylic acids is 1. The number of aromatic nitrogens is 2. The summed E-state index contributed by atoms with van der Waals surface area (Å²) in [5, 5.41) is 9.72. The number of H-pyrrole nitrogens is 1. The van der Waals surface area contributed by atoms with E-state index in [2.05, 4.69) is 11.1 Å². The van der Waals surface area contributed by atoms with E-state index in [-0.39, 0.29) is 29.8 Å². The van der Waals surface area contributed by atoms with Crippen LogP contribution in [0.15, 0.2) is 77.6 Å². The number of rotatable bonds is 5. The Morgan fingerprint density at radius 3 is 2.59 bits per heavy atom. The third-order valence-corrected chi connectivity index (χ3v) is 8.09. The Morgan fingerprint density at radius 1 is 1.05 bits per heavy atom. The van der Waals surface area contributed by atoms with E-state index in [0.29, 0.717) is 34.9 Å². The molecule has 7 heteroatoms. The number of amides is 1. The van der Waals surface area contributed by atoms with Gasteiger partial charge in [0.25, 0.3) is 5.56 Å². The number of benzene rings is 3. The van der Waals surface area contributed by atoms with Crippen LogP contribution in [0.5, 0.6) is 0 Å². The smallest absolute Gasteiger partial charge is 0.256 e. The number of aryl methyl sites for hydroxylation is 1. The summed E-state index contributed by atoms with van der Waals surface area (Å²) in [5.74, 6) is 0.689. The molecule has 194 valence electrons. The second-order valence-electron chi connectivity index (χ2n) is 10.4. The lowest BCUT2D eigenvalue weighted by atomic mass is 9.94. The van der Waals surface area contributed by atoms with E-state index < -0.39 is 0 Å². The maximum atomic E-state index is 13.4. The largest absolute Gasteiger partial charge is 0.338 e. The Labute approximate surface area is 231 Å². The third-order valence-electron chi connectivity index (χ3n) is 7.85. The monoisotopic (exact) mass is 534 g/mol. The van der Waals surface area contributed by atoms with Crippen LogP contribution in [0.1, 0.15) is 53.0 Å². The molecule has 39 heavy (non-hydrogen) atoms. The average Bonchev–Trinajstić information content (AvgIpc) is 3.78. The van der Waals surface area contributed by atoms with Crippen LogP contribution >= 0.6 is 11.6 Å². The standard InChI is InChI=1S/C32H27ClN4O2/c33-26-7-2-6-25(18-26)32(13-14-32)31-35-28-8-3-15-37(20-27(28)30(39)36-31)29(38)17-22-4-1-5-24(16-22)23-11-9-21(19-34)10-12-23/h1-2,4-7,9-12,16,18H,3,8,13-15,17,20H2,(H,35,36,39). The van der Waals surface area contributed by atoms with E-state index in [1.165, 1.54) is 0 Å². The van der Waals surface area contributed by atoms with Gasteiger partial charge in [0.2, 0.25) is 5.91 Å². The van der Waals surface area contributed by atoms with Crippen molar-refractivity contribution in [3.05, 3.63) is 122 Å². The molecule has 1 aliphatic heterocycles. The van der Waals surface area contributed by atoms with Crippen molar-refractivity contribution >= 4 is 17.5 Å². The van der Waals surface area contributed by atoms with Crippen molar-refractivity contribution < 1.29 is 4.79 Å². The van der Waals surface area contributed by atoms with Gasteiger partial charge in [-0.2, -0.15) is 5.26 Å². The minimum atomic E-state index is -0.291. The number of nitrogens with zero attached hydrogens (tertiary/aromatic N) is 3. The van der Waals surface area contributed by atoms with Gasteiger partial charge in [0.1, 0.15) is 5.82 Å². The van der Waals surface area contributed by atoms with Crippen LogP contribution in [0.4, 0.5) is 0 Å². The second-order valence-corrected chi connectivity index (χ2v) is 10.9. The van der Waals surface area contributed by atoms with Gasteiger partial charge in [0.15, 0.2) is 0 Å². The fourth-order valence-corrected chi connectivity index (χ4v) is 5.71. The zero-order chi connectivity index (χ0) is 27.0. The van der Waals surface area contributed by atoms with Crippen molar-refractivity contribution in [3.8, 4) is 17.2 Å². The highest BCUT2D eigenvalue weighted by atomic mass is 35.5. The molecule has 4 aromatic rings. The van der Waals surface area contributed by atoms with Gasteiger partial charge < -0.3 is 9.88 Å². The molecule has 0 atom stereocenters. The first kappa shape index (κ1) is 25.1. The zero-order valence-electron chi connectivity index (χ0n) is 21.4. The summed E-state index contributed by atoms with van der Waals surface area (Å²) in [7, 11) is 0. The summed E-state index contributed by atoms with van der Waals surface area (Å²) >= 11 is 6.25. The molecular formula is C32H27ClN4O2. The molecule has 2 heterocycles. The Morgan fingerprint density at radius 2 is 1.85 bits per heavy atom. The van der Waals surface area contributed by atoms with Gasteiger partial charge in [-0.15, -0.1) is 0 Å². The van der Waals surface area contributed by atoms with Gasteiger partial charge >= 0.3 is 0 Å². The predicted molar refractivity (Wildman–Crippen MR) is 150 cm³/mol. The normalized spacial score (nSPS) is 15.6. The number of halogens is 1. The maximum absolute atomic E-state index is 13.4. The van der Waals surface area contributed by atoms with E-state index in [0.717, 1.165) is 47.2 Å². The SMILES string of the molecule is N#Cc1ccc(-c2cccc(CC(=O)N3CCCc4nc(C5(c6cccc(Cl)c6)CC5)[nH]c(=O)c4C3)c2)cc1. The molecule has 0 bridgehead atoms. The first-order valence-electron chi connectivity index (χ1n) is 13.2. The second kappa shape index (κ2) is 10.2. The van der Waals surface area contributed by atoms with Crippen LogP contribution < -0.4 is 5.56 Å². The molecule has 0 unspecified atom stereocenters. The fourth-order valence-electron chi connectivity index (χ4n) is 5.52. The third kappa shape index (κ3) is 4.98. The molecule has 0 radical (unpaired) electrons. The van der Waals surface area contributed by atoms with Crippen molar-refractivity contribution in [1.29, 1.82) is 5.26 Å². The Balaban J connectivity index is 1.21. The molecule has 6 rings (SSSR count). The molecule has 3 aromatic carbocycles. The predicted octanol–water partition coefficient (Wildman–Crippen LogP) is 5.56. The van der Waals surface area contributed by atoms with Crippen molar-refractivity contribution in [2.75, 3.05) is 6.54 Å². The first-order chi connectivity index (χ1) is 18.9. The zero-order valence-corrected chi connectivity index (χ0v) is 22.2. The minimum Gasteiger partial charge on any atom is -0.338 e. The number of carbonyl (C=O) groups is 1. The van der Waals surface area contributed by atoms with Gasteiger partial charge in [-0.05, 0) is 72.2 Å². The highest BCUT2D eigenvalue weighted by Gasteiger charge is 2.48. The van der Waals surface area contributed by atoms with Crippen LogP contribution in [-0.2, 0) is 29.6 Å². The van der Waals surface area contributed by atoms with Crippen molar-refractivity contribution in [2.24, 2.45) is 0 Å². The average molecular weight is 535 g/mol. The van der Waals surface area contributed by atoms with E-state index in [4.69, 9.17) is 21.8 Å². The number of nitrogens with one attached hydrogen (secondary N) is 1. The molecule has 1 saturated carbocycles. The molecule has 1 aliphatic carbocycles. The number of hydrogen-bond donors (Lipinski definition) is 1. The highest BCUT2D eigenvalue weighted by Crippen LogP contribution is 2.52. The van der Waals surface area contributed by atoms with Gasteiger partial charge in [0.05, 0.1) is 41.3 Å². The molecule has 6 nitrogen and oxygen atoms in total. The van der Waals surface area contributed by atoms with Gasteiger partial charge in [-0.25, -0.2) is 4.98 Å². The van der Waals surface area contributed by atoms with Crippen molar-refractivity contribution in [1.82, 2.24) is 14.9 Å². The molecule has 2 aliphatic rings. The molecule has 0 saturated heterocycles. The van der Waals surface area contributed by atoms with Crippen molar-refractivity contribution in [2.45, 2.75) is 44.1 Å². The van der Waals surface area contributed by atoms with Crippen LogP contribution in [0, 0.1) is 11.3 Å². The van der Waals surface area contributed by atoms with E-state index in [1.807, 2.05) is 60.7 Å². The van der Waals surface area contributed by atoms with E-state index >= 15 is 0 Å². The summed E-state index contributed by atoms with van der Waals surface area (Å²) in [6.45, 7) is 0.842. The van der Waals surface area contributed by atoms with E-state index in [1.54, 1.807) is 17.0 Å². The maximum Gasteiger partial charge on any atom is 0.256 e. The van der Waals surface area contributed by atoms with Crippen LogP contribution in [0.25, 0.3) is 11.1 Å². The van der Waals surface area contributed by atoms with E-state index in [9.17, 15) is 9.59 Å².